The molecule has 4 heteroatoms. The zero-order valence-corrected chi connectivity index (χ0v) is 41.8. The minimum absolute atomic E-state index is 0.0307. The molecule has 0 spiro atoms. The first-order valence-electron chi connectivity index (χ1n) is 25.2. The first-order chi connectivity index (χ1) is 33.1. The lowest BCUT2D eigenvalue weighted by Crippen LogP contribution is -2.41. The second kappa shape index (κ2) is 15.6. The number of hydrogen-bond acceptors (Lipinski definition) is 3. The molecule has 1 aromatic heterocycles. The second-order valence-corrected chi connectivity index (χ2v) is 23.0. The molecule has 0 saturated carbocycles. The maximum Gasteiger partial charge on any atom is 0.197 e. The molecule has 1 aliphatic heterocycles. The van der Waals surface area contributed by atoms with Crippen LogP contribution in [0.25, 0.3) is 55.3 Å². The molecular formula is C65H62BN2O. The Morgan fingerprint density at radius 1 is 0.478 bits per heavy atom. The lowest BCUT2D eigenvalue weighted by atomic mass is 9.57. The van der Waals surface area contributed by atoms with Crippen LogP contribution in [-0.2, 0) is 21.7 Å². The third-order valence-electron chi connectivity index (χ3n) is 16.5. The summed E-state index contributed by atoms with van der Waals surface area (Å²) in [5, 5.41) is 6.27. The smallest absolute Gasteiger partial charge is 0.197 e. The number of rotatable bonds is 6. The van der Waals surface area contributed by atoms with E-state index < -0.39 is 0 Å². The van der Waals surface area contributed by atoms with Gasteiger partial charge >= 0.3 is 0 Å². The summed E-state index contributed by atoms with van der Waals surface area (Å²) in [7, 11) is 2.44. The highest BCUT2D eigenvalue weighted by Crippen LogP contribution is 2.52. The molecule has 2 heterocycles. The zero-order valence-electron chi connectivity index (χ0n) is 41.8. The van der Waals surface area contributed by atoms with Crippen LogP contribution in [0.3, 0.4) is 0 Å². The quantitative estimate of drug-likeness (QED) is 0.169. The Labute approximate surface area is 409 Å². The fourth-order valence-electron chi connectivity index (χ4n) is 12.1. The van der Waals surface area contributed by atoms with Gasteiger partial charge in [0.2, 0.25) is 0 Å². The fourth-order valence-corrected chi connectivity index (χ4v) is 12.1. The van der Waals surface area contributed by atoms with Crippen molar-refractivity contribution >= 4 is 68.6 Å². The molecule has 1 N–H and O–H groups in total. The number of para-hydroxylation sites is 1. The summed E-state index contributed by atoms with van der Waals surface area (Å²) in [6.07, 6.45) is 4.66. The molecule has 0 unspecified atom stereocenters. The number of anilines is 5. The average molecular weight is 898 g/mol. The topological polar surface area (TPSA) is 28.4 Å². The van der Waals surface area contributed by atoms with E-state index >= 15 is 0 Å². The lowest BCUT2D eigenvalue weighted by Gasteiger charge is -2.44. The van der Waals surface area contributed by atoms with Gasteiger partial charge in [-0.1, -0.05) is 164 Å². The highest BCUT2D eigenvalue weighted by Gasteiger charge is 2.40. The van der Waals surface area contributed by atoms with Gasteiger partial charge < -0.3 is 14.6 Å². The molecule has 0 amide bonds. The maximum atomic E-state index is 7.11. The van der Waals surface area contributed by atoms with Crippen LogP contribution in [0.1, 0.15) is 109 Å². The van der Waals surface area contributed by atoms with Crippen LogP contribution in [0.2, 0.25) is 0 Å². The van der Waals surface area contributed by atoms with Crippen molar-refractivity contribution in [3.8, 4) is 33.4 Å². The Bertz CT molecular complexity index is 3520. The van der Waals surface area contributed by atoms with Gasteiger partial charge in [-0.2, -0.15) is 0 Å². The molecule has 341 valence electrons. The molecule has 3 aliphatic rings. The lowest BCUT2D eigenvalue weighted by molar-refractivity contribution is 0.332. The van der Waals surface area contributed by atoms with Crippen LogP contribution in [0, 0.1) is 6.92 Å². The fraction of sp³-hybridized carbons (Fsp3) is 0.262. The van der Waals surface area contributed by atoms with E-state index in [9.17, 15) is 0 Å². The number of benzene rings is 8. The monoisotopic (exact) mass is 897 g/mol. The van der Waals surface area contributed by atoms with Gasteiger partial charge in [0.25, 0.3) is 0 Å². The molecule has 0 atom stereocenters. The van der Waals surface area contributed by atoms with E-state index in [1.165, 1.54) is 74.2 Å². The van der Waals surface area contributed by atoms with Gasteiger partial charge in [0.15, 0.2) is 7.28 Å². The molecular weight excluding hydrogens is 836 g/mol. The van der Waals surface area contributed by atoms with Crippen molar-refractivity contribution < 1.29 is 4.42 Å². The van der Waals surface area contributed by atoms with Gasteiger partial charge in [0, 0.05) is 39.1 Å². The number of furan rings is 1. The third-order valence-corrected chi connectivity index (χ3v) is 16.5. The van der Waals surface area contributed by atoms with Gasteiger partial charge in [-0.3, -0.25) is 0 Å². The van der Waals surface area contributed by atoms with Crippen molar-refractivity contribution in [2.75, 3.05) is 10.2 Å². The van der Waals surface area contributed by atoms with E-state index in [0.29, 0.717) is 0 Å². The largest absolute Gasteiger partial charge is 0.455 e. The van der Waals surface area contributed by atoms with Crippen LogP contribution in [0.5, 0.6) is 0 Å². The van der Waals surface area contributed by atoms with Gasteiger partial charge in [-0.25, -0.2) is 0 Å². The Morgan fingerprint density at radius 2 is 1.07 bits per heavy atom. The molecule has 0 fully saturated rings. The molecule has 2 aliphatic carbocycles. The van der Waals surface area contributed by atoms with Gasteiger partial charge in [-0.05, 0) is 170 Å². The van der Waals surface area contributed by atoms with E-state index in [0.717, 1.165) is 74.0 Å². The van der Waals surface area contributed by atoms with E-state index in [1.54, 1.807) is 0 Å². The Kier molecular flexibility index (Phi) is 9.85. The van der Waals surface area contributed by atoms with E-state index in [4.69, 9.17) is 4.42 Å². The summed E-state index contributed by atoms with van der Waals surface area (Å²) in [5.41, 5.74) is 24.1. The van der Waals surface area contributed by atoms with Crippen LogP contribution < -0.4 is 21.1 Å². The average Bonchev–Trinajstić information content (AvgIpc) is 3.73. The Morgan fingerprint density at radius 3 is 1.77 bits per heavy atom. The molecule has 69 heavy (non-hydrogen) atoms. The van der Waals surface area contributed by atoms with Crippen molar-refractivity contribution in [2.45, 2.75) is 110 Å². The Hall–Kier alpha value is -6.78. The molecule has 9 aromatic rings. The first-order valence-corrected chi connectivity index (χ1v) is 25.2. The predicted octanol–water partition coefficient (Wildman–Crippen LogP) is 16.8. The van der Waals surface area contributed by atoms with Crippen molar-refractivity contribution in [2.24, 2.45) is 0 Å². The van der Waals surface area contributed by atoms with Crippen LogP contribution in [0.15, 0.2) is 162 Å². The van der Waals surface area contributed by atoms with Crippen molar-refractivity contribution in [1.82, 2.24) is 0 Å². The summed E-state index contributed by atoms with van der Waals surface area (Å²) in [6, 6.07) is 58.8. The Balaban J connectivity index is 1.16. The number of nitrogens with one attached hydrogen (secondary N) is 1. The SMILES string of the molecule is Cc1cc2c(cc1N1c3cc(-c4ccccc4)ccc3[B]c3c(-c4c(Nc5ccc6c(c5)C(C)(C)CCC6(C)C)ccc5c4oc4ccccc45)cc(-c4ccccc4)cc31)C(C)(C)CCC2(C)C. The summed E-state index contributed by atoms with van der Waals surface area (Å²) >= 11 is 0. The van der Waals surface area contributed by atoms with Gasteiger partial charge in [0.1, 0.15) is 11.2 Å². The van der Waals surface area contributed by atoms with Gasteiger partial charge in [-0.15, -0.1) is 0 Å². The number of aryl methyl sites for hydroxylation is 1. The normalized spacial score (nSPS) is 17.1. The molecule has 12 rings (SSSR count). The summed E-state index contributed by atoms with van der Waals surface area (Å²) in [5.74, 6) is 0. The minimum Gasteiger partial charge on any atom is -0.455 e. The van der Waals surface area contributed by atoms with E-state index in [2.05, 4.69) is 238 Å². The number of nitrogens with zero attached hydrogens (tertiary/aromatic N) is 1. The summed E-state index contributed by atoms with van der Waals surface area (Å²) in [4.78, 5) is 2.60. The predicted molar refractivity (Wildman–Crippen MR) is 295 cm³/mol. The molecule has 0 saturated heterocycles. The molecule has 1 radical (unpaired) electrons. The second-order valence-electron chi connectivity index (χ2n) is 23.0. The maximum absolute atomic E-state index is 7.11. The van der Waals surface area contributed by atoms with Crippen molar-refractivity contribution in [3.63, 3.8) is 0 Å². The van der Waals surface area contributed by atoms with E-state index in [1.807, 2.05) is 0 Å². The van der Waals surface area contributed by atoms with Crippen molar-refractivity contribution in [3.05, 3.63) is 186 Å². The minimum atomic E-state index is 0.0307. The van der Waals surface area contributed by atoms with Gasteiger partial charge in [0.05, 0.1) is 5.69 Å². The van der Waals surface area contributed by atoms with Crippen LogP contribution in [-0.4, -0.2) is 7.28 Å². The summed E-state index contributed by atoms with van der Waals surface area (Å²) < 4.78 is 7.11. The van der Waals surface area contributed by atoms with E-state index in [-0.39, 0.29) is 21.7 Å². The molecule has 8 aromatic carbocycles. The highest BCUT2D eigenvalue weighted by atomic mass is 16.3. The zero-order chi connectivity index (χ0) is 47.6. The number of fused-ring (bicyclic) bond motifs is 7. The van der Waals surface area contributed by atoms with Crippen LogP contribution >= 0.6 is 0 Å². The third kappa shape index (κ3) is 7.16. The highest BCUT2D eigenvalue weighted by molar-refractivity contribution is 6.73. The first kappa shape index (κ1) is 43.5. The number of hydrogen-bond donors (Lipinski definition) is 1. The van der Waals surface area contributed by atoms with Crippen molar-refractivity contribution in [1.29, 1.82) is 0 Å². The van der Waals surface area contributed by atoms with Crippen LogP contribution in [0.4, 0.5) is 28.4 Å². The molecule has 3 nitrogen and oxygen atoms in total. The molecule has 0 bridgehead atoms. The summed E-state index contributed by atoms with van der Waals surface area (Å²) in [6.45, 7) is 21.7. The standard InChI is InChI=1S/C65H62BN2O/c1-40-34-50-52(65(8,9)33-32-63(50,4)5)39-55(40)68-56-36-43(41-18-12-10-13-19-41)24-28-53(56)66-60-48(35-44(37-57(60)68)42-20-14-11-15-21-42)59-54(29-26-47-46-22-16-17-23-58(46)69-61(47)59)67-45-25-27-49-51(38-45)64(6,7)31-30-62(49,2)3/h10-29,34-39,67H,30-33H2,1-9H3.